The summed E-state index contributed by atoms with van der Waals surface area (Å²) < 4.78 is 24.0. The number of hydrogen-bond donors (Lipinski definition) is 1. The quantitative estimate of drug-likeness (QED) is 0.824. The fourth-order valence-corrected chi connectivity index (χ4v) is 6.82. The molecule has 1 saturated carbocycles. The number of fused-ring (bicyclic) bond motifs is 2. The van der Waals surface area contributed by atoms with Crippen molar-refractivity contribution >= 4 is 9.84 Å². The molecule has 98 valence electrons. The van der Waals surface area contributed by atoms with Gasteiger partial charge in [-0.25, -0.2) is 8.42 Å². The zero-order chi connectivity index (χ0) is 12.1. The van der Waals surface area contributed by atoms with Gasteiger partial charge < -0.3 is 5.11 Å². The first-order valence-corrected chi connectivity index (χ1v) is 8.56. The zero-order valence-corrected chi connectivity index (χ0v) is 11.1. The molecular weight excluding hydrogens is 236 g/mol. The van der Waals surface area contributed by atoms with Gasteiger partial charge in [0, 0.05) is 0 Å². The highest BCUT2D eigenvalue weighted by Crippen LogP contribution is 2.46. The fraction of sp³-hybridized carbons (Fsp3) is 1.00. The number of sulfone groups is 1. The molecule has 3 fully saturated rings. The third-order valence-corrected chi connectivity index (χ3v) is 7.76. The van der Waals surface area contributed by atoms with Gasteiger partial charge in [0.2, 0.25) is 0 Å². The lowest BCUT2D eigenvalue weighted by atomic mass is 9.83. The van der Waals surface area contributed by atoms with Crippen LogP contribution in [0.4, 0.5) is 0 Å². The van der Waals surface area contributed by atoms with Crippen molar-refractivity contribution in [3.05, 3.63) is 0 Å². The normalized spacial score (nSPS) is 45.2. The van der Waals surface area contributed by atoms with Gasteiger partial charge >= 0.3 is 0 Å². The Balaban J connectivity index is 1.73. The molecule has 0 spiro atoms. The molecule has 3 aliphatic rings. The Morgan fingerprint density at radius 1 is 1.00 bits per heavy atom. The van der Waals surface area contributed by atoms with E-state index in [1.54, 1.807) is 0 Å². The molecule has 2 heterocycles. The molecule has 17 heavy (non-hydrogen) atoms. The minimum absolute atomic E-state index is 0.243. The second kappa shape index (κ2) is 3.95. The predicted octanol–water partition coefficient (Wildman–Crippen LogP) is 2.04. The summed E-state index contributed by atoms with van der Waals surface area (Å²) in [5.74, 6) is 0.639. The van der Waals surface area contributed by atoms with Gasteiger partial charge in [-0.2, -0.15) is 0 Å². The minimum atomic E-state index is -2.89. The largest absolute Gasteiger partial charge is 0.390 e. The summed E-state index contributed by atoms with van der Waals surface area (Å²) in [6.07, 6.45) is 8.42. The molecule has 2 bridgehead atoms. The van der Waals surface area contributed by atoms with Crippen LogP contribution in [-0.4, -0.2) is 29.6 Å². The third kappa shape index (κ3) is 2.03. The Hall–Kier alpha value is -0.0900. The van der Waals surface area contributed by atoms with Crippen molar-refractivity contribution in [2.75, 3.05) is 0 Å². The van der Waals surface area contributed by atoms with Crippen molar-refractivity contribution < 1.29 is 13.5 Å². The Morgan fingerprint density at radius 3 is 2.06 bits per heavy atom. The van der Waals surface area contributed by atoms with Crippen molar-refractivity contribution in [1.82, 2.24) is 0 Å². The Morgan fingerprint density at radius 2 is 1.53 bits per heavy atom. The Labute approximate surface area is 104 Å². The van der Waals surface area contributed by atoms with E-state index in [1.807, 2.05) is 0 Å². The zero-order valence-electron chi connectivity index (χ0n) is 10.3. The smallest absolute Gasteiger partial charge is 0.156 e. The highest BCUT2D eigenvalue weighted by atomic mass is 32.2. The van der Waals surface area contributed by atoms with Crippen LogP contribution in [0.2, 0.25) is 0 Å². The highest BCUT2D eigenvalue weighted by molar-refractivity contribution is 7.93. The maximum atomic E-state index is 12.0. The molecule has 2 aliphatic heterocycles. The van der Waals surface area contributed by atoms with Crippen LogP contribution in [0.1, 0.15) is 57.8 Å². The topological polar surface area (TPSA) is 54.4 Å². The van der Waals surface area contributed by atoms with Crippen LogP contribution in [0.15, 0.2) is 0 Å². The molecule has 0 aromatic heterocycles. The number of hydrogen-bond acceptors (Lipinski definition) is 3. The minimum Gasteiger partial charge on any atom is -0.390 e. The maximum absolute atomic E-state index is 12.0. The van der Waals surface area contributed by atoms with Crippen LogP contribution in [0, 0.1) is 5.92 Å². The summed E-state index contributed by atoms with van der Waals surface area (Å²) in [5, 5.41) is 10.2. The molecular formula is C13H22O3S. The maximum Gasteiger partial charge on any atom is 0.156 e. The molecule has 2 atom stereocenters. The van der Waals surface area contributed by atoms with Crippen LogP contribution in [-0.2, 0) is 9.84 Å². The van der Waals surface area contributed by atoms with Crippen LogP contribution in [0.5, 0.6) is 0 Å². The van der Waals surface area contributed by atoms with Crippen molar-refractivity contribution in [2.24, 2.45) is 5.92 Å². The molecule has 0 aromatic rings. The van der Waals surface area contributed by atoms with E-state index in [1.165, 1.54) is 25.7 Å². The summed E-state index contributed by atoms with van der Waals surface area (Å²) in [6.45, 7) is 0. The van der Waals surface area contributed by atoms with E-state index in [2.05, 4.69) is 0 Å². The molecule has 3 rings (SSSR count). The van der Waals surface area contributed by atoms with Crippen molar-refractivity contribution in [1.29, 1.82) is 0 Å². The lowest BCUT2D eigenvalue weighted by Crippen LogP contribution is -2.45. The molecule has 3 nitrogen and oxygen atoms in total. The van der Waals surface area contributed by atoms with Gasteiger partial charge in [-0.15, -0.1) is 0 Å². The summed E-state index contributed by atoms with van der Waals surface area (Å²) in [7, 11) is -2.89. The highest BCUT2D eigenvalue weighted by Gasteiger charge is 2.52. The van der Waals surface area contributed by atoms with Gasteiger partial charge in [0.15, 0.2) is 9.84 Å². The van der Waals surface area contributed by atoms with Gasteiger partial charge in [-0.1, -0.05) is 25.7 Å². The average molecular weight is 258 g/mol. The van der Waals surface area contributed by atoms with E-state index >= 15 is 0 Å². The van der Waals surface area contributed by atoms with E-state index in [0.717, 1.165) is 19.3 Å². The SMILES string of the molecule is O=S1(=O)C2CCC1CC(O)(CC1CCCC1)C2. The van der Waals surface area contributed by atoms with Gasteiger partial charge in [0.05, 0.1) is 16.1 Å². The standard InChI is InChI=1S/C13H22O3S/c14-13(7-10-3-1-2-4-10)8-11-5-6-12(9-13)17(11,15)16/h10-12,14H,1-9H2. The summed E-state index contributed by atoms with van der Waals surface area (Å²) in [6, 6.07) is 0. The van der Waals surface area contributed by atoms with E-state index < -0.39 is 15.4 Å². The molecule has 1 aliphatic carbocycles. The number of aliphatic hydroxyl groups is 1. The summed E-state index contributed by atoms with van der Waals surface area (Å²) in [5.41, 5.74) is -0.674. The first kappa shape index (κ1) is 12.0. The van der Waals surface area contributed by atoms with Crippen molar-refractivity contribution in [3.8, 4) is 0 Å². The average Bonchev–Trinajstić information content (AvgIpc) is 2.75. The molecule has 0 amide bonds. The molecule has 2 unspecified atom stereocenters. The Kier molecular flexibility index (Phi) is 2.78. The van der Waals surface area contributed by atoms with E-state index in [4.69, 9.17) is 0 Å². The molecule has 0 aromatic carbocycles. The van der Waals surface area contributed by atoms with Crippen molar-refractivity contribution in [2.45, 2.75) is 73.9 Å². The first-order chi connectivity index (χ1) is 8.00. The molecule has 0 radical (unpaired) electrons. The van der Waals surface area contributed by atoms with Gasteiger partial charge in [-0.05, 0) is 38.0 Å². The lowest BCUT2D eigenvalue weighted by molar-refractivity contribution is -0.00107. The molecule has 4 heteroatoms. The Bertz CT molecular complexity index is 375. The van der Waals surface area contributed by atoms with Crippen LogP contribution in [0.25, 0.3) is 0 Å². The van der Waals surface area contributed by atoms with E-state index in [-0.39, 0.29) is 10.5 Å². The van der Waals surface area contributed by atoms with E-state index in [9.17, 15) is 13.5 Å². The van der Waals surface area contributed by atoms with E-state index in [0.29, 0.717) is 18.8 Å². The first-order valence-electron chi connectivity index (χ1n) is 6.95. The van der Waals surface area contributed by atoms with Gasteiger partial charge in [0.1, 0.15) is 0 Å². The monoisotopic (exact) mass is 258 g/mol. The second-order valence-electron chi connectivity index (χ2n) is 6.40. The van der Waals surface area contributed by atoms with Gasteiger partial charge in [0.25, 0.3) is 0 Å². The third-order valence-electron chi connectivity index (χ3n) is 5.10. The molecule has 1 N–H and O–H groups in total. The second-order valence-corrected chi connectivity index (χ2v) is 8.91. The number of rotatable bonds is 2. The fourth-order valence-electron chi connectivity index (χ4n) is 4.26. The van der Waals surface area contributed by atoms with Crippen molar-refractivity contribution in [3.63, 3.8) is 0 Å². The van der Waals surface area contributed by atoms with Crippen LogP contribution < -0.4 is 0 Å². The lowest BCUT2D eigenvalue weighted by Gasteiger charge is -2.37. The predicted molar refractivity (Wildman–Crippen MR) is 66.5 cm³/mol. The summed E-state index contributed by atoms with van der Waals surface area (Å²) in [4.78, 5) is 0. The van der Waals surface area contributed by atoms with Crippen LogP contribution >= 0.6 is 0 Å². The van der Waals surface area contributed by atoms with Crippen LogP contribution in [0.3, 0.4) is 0 Å². The summed E-state index contributed by atoms with van der Waals surface area (Å²) >= 11 is 0. The molecule has 2 saturated heterocycles. The van der Waals surface area contributed by atoms with Gasteiger partial charge in [-0.3, -0.25) is 0 Å².